The Morgan fingerprint density at radius 1 is 1.00 bits per heavy atom. The van der Waals surface area contributed by atoms with Crippen LogP contribution in [0.15, 0.2) is 39.9 Å². The van der Waals surface area contributed by atoms with E-state index < -0.39 is 10.0 Å². The number of hydrogen-bond donors (Lipinski definition) is 0. The van der Waals surface area contributed by atoms with E-state index in [1.807, 2.05) is 30.3 Å². The molecule has 0 bridgehead atoms. The molecule has 1 aliphatic heterocycles. The Labute approximate surface area is 168 Å². The van der Waals surface area contributed by atoms with Crippen molar-refractivity contribution < 1.29 is 8.42 Å². The molecule has 0 spiro atoms. The highest BCUT2D eigenvalue weighted by atomic mass is 35.5. The molecular formula is C16H23ClN4O4S2. The molecule has 27 heavy (non-hydrogen) atoms. The van der Waals surface area contributed by atoms with Gasteiger partial charge in [-0.25, -0.2) is 21.7 Å². The third kappa shape index (κ3) is 5.52. The molecular weight excluding hydrogens is 412 g/mol. The van der Waals surface area contributed by atoms with Crippen LogP contribution >= 0.6 is 23.9 Å². The molecule has 1 aromatic heterocycles. The first-order valence-corrected chi connectivity index (χ1v) is 11.0. The zero-order valence-corrected chi connectivity index (χ0v) is 17.4. The zero-order chi connectivity index (χ0) is 18.7. The summed E-state index contributed by atoms with van der Waals surface area (Å²) in [4.78, 5) is 26.5. The summed E-state index contributed by atoms with van der Waals surface area (Å²) in [6, 6.07) is 9.41. The largest absolute Gasteiger partial charge is 0.341 e. The molecule has 1 saturated heterocycles. The minimum absolute atomic E-state index is 0. The minimum Gasteiger partial charge on any atom is -0.299 e. The van der Waals surface area contributed by atoms with E-state index in [1.54, 1.807) is 0 Å². The topological polar surface area (TPSA) is 84.6 Å². The van der Waals surface area contributed by atoms with Gasteiger partial charge in [0.25, 0.3) is 0 Å². The molecule has 150 valence electrons. The van der Waals surface area contributed by atoms with Gasteiger partial charge in [-0.2, -0.15) is 4.31 Å². The van der Waals surface area contributed by atoms with Gasteiger partial charge in [-0.05, 0) is 5.56 Å². The number of rotatable bonds is 6. The Hall–Kier alpha value is -1.46. The van der Waals surface area contributed by atoms with Gasteiger partial charge in [0.2, 0.25) is 10.0 Å². The van der Waals surface area contributed by atoms with Gasteiger partial charge < -0.3 is 0 Å². The van der Waals surface area contributed by atoms with Gasteiger partial charge in [0.1, 0.15) is 0 Å². The van der Waals surface area contributed by atoms with Gasteiger partial charge in [-0.1, -0.05) is 30.3 Å². The van der Waals surface area contributed by atoms with Gasteiger partial charge in [-0.3, -0.25) is 9.69 Å². The summed E-state index contributed by atoms with van der Waals surface area (Å²) in [5, 5.41) is 0. The van der Waals surface area contributed by atoms with Crippen molar-refractivity contribution in [1.29, 1.82) is 0 Å². The lowest BCUT2D eigenvalue weighted by molar-refractivity contribution is 0.184. The Morgan fingerprint density at radius 2 is 1.63 bits per heavy atom. The molecule has 8 nitrogen and oxygen atoms in total. The van der Waals surface area contributed by atoms with Crippen molar-refractivity contribution in [3.05, 3.63) is 56.0 Å². The van der Waals surface area contributed by atoms with Crippen molar-refractivity contribution >= 4 is 34.0 Å². The fourth-order valence-corrected chi connectivity index (χ4v) is 4.56. The first-order chi connectivity index (χ1) is 12.3. The number of halogens is 1. The van der Waals surface area contributed by atoms with Crippen LogP contribution in [0.5, 0.6) is 0 Å². The summed E-state index contributed by atoms with van der Waals surface area (Å²) < 4.78 is 27.3. The second-order valence-corrected chi connectivity index (χ2v) is 9.27. The Kier molecular flexibility index (Phi) is 7.40. The highest BCUT2D eigenvalue weighted by Crippen LogP contribution is 2.06. The number of sulfonamides is 1. The van der Waals surface area contributed by atoms with E-state index in [0.717, 1.165) is 17.1 Å². The quantitative estimate of drug-likeness (QED) is 0.644. The zero-order valence-electron chi connectivity index (χ0n) is 15.0. The van der Waals surface area contributed by atoms with Gasteiger partial charge in [0.15, 0.2) is 0 Å². The van der Waals surface area contributed by atoms with Gasteiger partial charge in [0.05, 0.1) is 19.3 Å². The normalized spacial score (nSPS) is 16.2. The maximum absolute atomic E-state index is 12.5. The van der Waals surface area contributed by atoms with Crippen LogP contribution < -0.4 is 10.6 Å². The summed E-state index contributed by atoms with van der Waals surface area (Å²) in [7, 11) is -3.15. The second kappa shape index (κ2) is 9.16. The SMILES string of the molecule is CS(=O)(=O)N1CCN(CCn2sc(=O)n(Cc3ccccc3)c2=O)CC1.Cl. The van der Waals surface area contributed by atoms with Crippen LogP contribution in [0.2, 0.25) is 0 Å². The fraction of sp³-hybridized carbons (Fsp3) is 0.500. The van der Waals surface area contributed by atoms with Crippen LogP contribution in [0, 0.1) is 0 Å². The van der Waals surface area contributed by atoms with Crippen LogP contribution in [0.1, 0.15) is 5.56 Å². The van der Waals surface area contributed by atoms with Crippen LogP contribution in [0.25, 0.3) is 0 Å². The predicted octanol–water partition coefficient (Wildman–Crippen LogP) is 0.119. The van der Waals surface area contributed by atoms with Crippen molar-refractivity contribution in [1.82, 2.24) is 17.7 Å². The average molecular weight is 435 g/mol. The van der Waals surface area contributed by atoms with E-state index in [2.05, 4.69) is 4.90 Å². The molecule has 0 unspecified atom stereocenters. The smallest absolute Gasteiger partial charge is 0.299 e. The maximum atomic E-state index is 12.5. The fourth-order valence-electron chi connectivity index (χ4n) is 2.95. The predicted molar refractivity (Wildman–Crippen MR) is 108 cm³/mol. The lowest BCUT2D eigenvalue weighted by Crippen LogP contribution is -2.49. The second-order valence-electron chi connectivity index (χ2n) is 6.32. The van der Waals surface area contributed by atoms with Gasteiger partial charge in [-0.15, -0.1) is 12.4 Å². The third-order valence-corrected chi connectivity index (χ3v) is 6.69. The first kappa shape index (κ1) is 21.8. The average Bonchev–Trinajstić information content (AvgIpc) is 2.88. The summed E-state index contributed by atoms with van der Waals surface area (Å²) in [6.45, 7) is 3.48. The first-order valence-electron chi connectivity index (χ1n) is 8.37. The van der Waals surface area contributed by atoms with Gasteiger partial charge >= 0.3 is 10.6 Å². The Morgan fingerprint density at radius 3 is 2.22 bits per heavy atom. The van der Waals surface area contributed by atoms with Crippen LogP contribution in [-0.2, 0) is 23.1 Å². The summed E-state index contributed by atoms with van der Waals surface area (Å²) in [5.41, 5.74) is 0.618. The van der Waals surface area contributed by atoms with Crippen LogP contribution in [0.3, 0.4) is 0 Å². The van der Waals surface area contributed by atoms with Crippen molar-refractivity contribution in [3.63, 3.8) is 0 Å². The molecule has 2 heterocycles. The lowest BCUT2D eigenvalue weighted by Gasteiger charge is -2.33. The molecule has 3 rings (SSSR count). The van der Waals surface area contributed by atoms with E-state index in [4.69, 9.17) is 0 Å². The minimum atomic E-state index is -3.15. The summed E-state index contributed by atoms with van der Waals surface area (Å²) in [5.74, 6) is 0. The van der Waals surface area contributed by atoms with Crippen molar-refractivity contribution in [2.75, 3.05) is 39.0 Å². The van der Waals surface area contributed by atoms with E-state index in [0.29, 0.717) is 39.3 Å². The molecule has 0 saturated carbocycles. The summed E-state index contributed by atoms with van der Waals surface area (Å²) >= 11 is 0.932. The number of piperazine rings is 1. The molecule has 0 radical (unpaired) electrons. The highest BCUT2D eigenvalue weighted by Gasteiger charge is 2.23. The summed E-state index contributed by atoms with van der Waals surface area (Å²) in [6.07, 6.45) is 1.22. The number of aromatic nitrogens is 2. The molecule has 1 aromatic carbocycles. The van der Waals surface area contributed by atoms with Crippen molar-refractivity contribution in [2.45, 2.75) is 13.1 Å². The standard InChI is InChI=1S/C16H22N4O4S2.ClH/c1-26(23,24)18-10-7-17(8-11-18)9-12-20-15(21)19(16(22)25-20)13-14-5-3-2-4-6-14;/h2-6H,7-13H2,1H3;1H. The van der Waals surface area contributed by atoms with Crippen LogP contribution in [-0.4, -0.2) is 65.1 Å². The van der Waals surface area contributed by atoms with Gasteiger partial charge in [0, 0.05) is 44.3 Å². The monoisotopic (exact) mass is 434 g/mol. The number of nitrogens with zero attached hydrogens (tertiary/aromatic N) is 4. The van der Waals surface area contributed by atoms with E-state index in [1.165, 1.54) is 19.1 Å². The molecule has 0 N–H and O–H groups in total. The van der Waals surface area contributed by atoms with E-state index in [-0.39, 0.29) is 29.5 Å². The maximum Gasteiger partial charge on any atom is 0.341 e. The molecule has 0 amide bonds. The Bertz CT molecular complexity index is 960. The van der Waals surface area contributed by atoms with Crippen molar-refractivity contribution in [2.24, 2.45) is 0 Å². The molecule has 11 heteroatoms. The molecule has 0 atom stereocenters. The highest BCUT2D eigenvalue weighted by molar-refractivity contribution is 7.88. The molecule has 1 fully saturated rings. The molecule has 2 aromatic rings. The number of benzene rings is 1. The van der Waals surface area contributed by atoms with Crippen molar-refractivity contribution in [3.8, 4) is 0 Å². The third-order valence-electron chi connectivity index (χ3n) is 4.46. The number of hydrogen-bond acceptors (Lipinski definition) is 6. The Balaban J connectivity index is 0.00000261. The molecule has 0 aliphatic carbocycles. The van der Waals surface area contributed by atoms with E-state index in [9.17, 15) is 18.0 Å². The van der Waals surface area contributed by atoms with E-state index >= 15 is 0 Å². The lowest BCUT2D eigenvalue weighted by atomic mass is 10.2. The van der Waals surface area contributed by atoms with Crippen LogP contribution in [0.4, 0.5) is 0 Å². The molecule has 1 aliphatic rings.